The first-order chi connectivity index (χ1) is 12.8. The van der Waals surface area contributed by atoms with Crippen molar-refractivity contribution in [2.24, 2.45) is 40.4 Å². The van der Waals surface area contributed by atoms with E-state index in [2.05, 4.69) is 33.8 Å². The SMILES string of the molecule is CC(C)CCCC[C@H]1CC[C@H]2[C@@H]3CC=C4C[C@@H](Cl)CC[C@]4(C)[C@H]3CC[C@]12C. The molecule has 3 saturated carbocycles. The van der Waals surface area contributed by atoms with Crippen LogP contribution < -0.4 is 0 Å². The normalized spacial score (nSPS) is 46.6. The summed E-state index contributed by atoms with van der Waals surface area (Å²) in [5.41, 5.74) is 2.86. The molecule has 27 heavy (non-hydrogen) atoms. The largest absolute Gasteiger partial charge is 0.123 e. The summed E-state index contributed by atoms with van der Waals surface area (Å²) in [6.07, 6.45) is 19.6. The van der Waals surface area contributed by atoms with E-state index in [1.54, 1.807) is 5.57 Å². The number of alkyl halides is 1. The van der Waals surface area contributed by atoms with Gasteiger partial charge in [-0.15, -0.1) is 11.6 Å². The van der Waals surface area contributed by atoms with E-state index >= 15 is 0 Å². The maximum atomic E-state index is 6.54. The molecule has 0 nitrogen and oxygen atoms in total. The molecular formula is C26H43Cl. The van der Waals surface area contributed by atoms with Crippen LogP contribution in [0, 0.1) is 40.4 Å². The molecule has 0 aromatic heterocycles. The van der Waals surface area contributed by atoms with Crippen molar-refractivity contribution in [3.8, 4) is 0 Å². The van der Waals surface area contributed by atoms with E-state index in [9.17, 15) is 0 Å². The molecule has 0 unspecified atom stereocenters. The van der Waals surface area contributed by atoms with Gasteiger partial charge in [0.2, 0.25) is 0 Å². The fraction of sp³-hybridized carbons (Fsp3) is 0.923. The Balaban J connectivity index is 1.46. The second kappa shape index (κ2) is 7.70. The van der Waals surface area contributed by atoms with Crippen LogP contribution >= 0.6 is 11.6 Å². The Morgan fingerprint density at radius 3 is 2.63 bits per heavy atom. The molecule has 3 fully saturated rings. The summed E-state index contributed by atoms with van der Waals surface area (Å²) in [7, 11) is 0. The molecule has 4 rings (SSSR count). The van der Waals surface area contributed by atoms with Crippen LogP contribution in [0.1, 0.15) is 105 Å². The van der Waals surface area contributed by atoms with Gasteiger partial charge in [-0.3, -0.25) is 0 Å². The Hall–Kier alpha value is 0.0300. The number of hydrogen-bond donors (Lipinski definition) is 0. The lowest BCUT2D eigenvalue weighted by Crippen LogP contribution is -2.50. The first-order valence-electron chi connectivity index (χ1n) is 12.2. The van der Waals surface area contributed by atoms with Crippen LogP contribution in [-0.2, 0) is 0 Å². The number of rotatable bonds is 5. The van der Waals surface area contributed by atoms with Crippen molar-refractivity contribution in [3.63, 3.8) is 0 Å². The van der Waals surface area contributed by atoms with E-state index in [1.165, 1.54) is 77.0 Å². The highest BCUT2D eigenvalue weighted by Crippen LogP contribution is 2.66. The van der Waals surface area contributed by atoms with Crippen LogP contribution in [0.4, 0.5) is 0 Å². The van der Waals surface area contributed by atoms with Crippen LogP contribution in [0.2, 0.25) is 0 Å². The highest BCUT2D eigenvalue weighted by atomic mass is 35.5. The molecule has 0 amide bonds. The van der Waals surface area contributed by atoms with Crippen molar-refractivity contribution in [2.75, 3.05) is 0 Å². The van der Waals surface area contributed by atoms with Crippen LogP contribution in [0.5, 0.6) is 0 Å². The number of halogens is 1. The third-order valence-electron chi connectivity index (χ3n) is 9.82. The standard InChI is InChI=1S/C26H43Cl/c1-18(2)7-5-6-8-19-10-12-23-22-11-9-20-17-21(27)13-15-26(20,4)24(22)14-16-25(19,23)3/h9,18-19,21-24H,5-8,10-17H2,1-4H3/t19-,21-,22-,23-,24-,25+,26-/m0/s1. The van der Waals surface area contributed by atoms with E-state index in [0.717, 1.165) is 29.6 Å². The molecule has 7 atom stereocenters. The zero-order chi connectivity index (χ0) is 19.2. The van der Waals surface area contributed by atoms with E-state index in [-0.39, 0.29) is 0 Å². The van der Waals surface area contributed by atoms with Crippen LogP contribution in [0.25, 0.3) is 0 Å². The van der Waals surface area contributed by atoms with Crippen molar-refractivity contribution in [1.29, 1.82) is 0 Å². The highest BCUT2D eigenvalue weighted by Gasteiger charge is 2.58. The zero-order valence-electron chi connectivity index (χ0n) is 18.4. The Morgan fingerprint density at radius 1 is 1.04 bits per heavy atom. The first-order valence-corrected chi connectivity index (χ1v) is 12.6. The van der Waals surface area contributed by atoms with Crippen molar-refractivity contribution in [1.82, 2.24) is 0 Å². The average molecular weight is 391 g/mol. The topological polar surface area (TPSA) is 0 Å². The molecule has 0 spiro atoms. The van der Waals surface area contributed by atoms with Gasteiger partial charge in [0.05, 0.1) is 0 Å². The lowest BCUT2D eigenvalue weighted by atomic mass is 9.47. The summed E-state index contributed by atoms with van der Waals surface area (Å²) in [4.78, 5) is 0. The lowest BCUT2D eigenvalue weighted by Gasteiger charge is -2.58. The van der Waals surface area contributed by atoms with Crippen LogP contribution in [-0.4, -0.2) is 5.38 Å². The third kappa shape index (κ3) is 3.55. The minimum atomic E-state index is 0.399. The molecule has 0 saturated heterocycles. The Morgan fingerprint density at radius 2 is 1.85 bits per heavy atom. The minimum Gasteiger partial charge on any atom is -0.123 e. The fourth-order valence-corrected chi connectivity index (χ4v) is 8.42. The number of fused-ring (bicyclic) bond motifs is 5. The molecule has 154 valence electrons. The summed E-state index contributed by atoms with van der Waals surface area (Å²) in [6.45, 7) is 10.1. The van der Waals surface area contributed by atoms with E-state index in [0.29, 0.717) is 16.2 Å². The van der Waals surface area contributed by atoms with Gasteiger partial charge in [-0.05, 0) is 98.2 Å². The van der Waals surface area contributed by atoms with Gasteiger partial charge in [0.25, 0.3) is 0 Å². The molecule has 4 aliphatic carbocycles. The smallest absolute Gasteiger partial charge is 0.0373 e. The Bertz CT molecular complexity index is 563. The van der Waals surface area contributed by atoms with Crippen molar-refractivity contribution in [3.05, 3.63) is 11.6 Å². The first kappa shape index (κ1) is 20.3. The number of allylic oxidation sites excluding steroid dienone is 2. The minimum absolute atomic E-state index is 0.399. The molecule has 0 bridgehead atoms. The van der Waals surface area contributed by atoms with Gasteiger partial charge in [-0.2, -0.15) is 0 Å². The summed E-state index contributed by atoms with van der Waals surface area (Å²) >= 11 is 6.54. The fourth-order valence-electron chi connectivity index (χ4n) is 8.14. The zero-order valence-corrected chi connectivity index (χ0v) is 19.2. The quantitative estimate of drug-likeness (QED) is 0.251. The molecule has 0 heterocycles. The summed E-state index contributed by atoms with van der Waals surface area (Å²) in [5.74, 6) is 4.78. The second-order valence-electron chi connectivity index (χ2n) is 11.6. The van der Waals surface area contributed by atoms with Gasteiger partial charge in [0, 0.05) is 5.38 Å². The van der Waals surface area contributed by atoms with Gasteiger partial charge in [-0.25, -0.2) is 0 Å². The second-order valence-corrected chi connectivity index (χ2v) is 12.2. The third-order valence-corrected chi connectivity index (χ3v) is 10.2. The summed E-state index contributed by atoms with van der Waals surface area (Å²) in [5, 5.41) is 0.399. The Kier molecular flexibility index (Phi) is 5.79. The molecule has 0 aliphatic heterocycles. The van der Waals surface area contributed by atoms with E-state index in [1.807, 2.05) is 0 Å². The predicted octanol–water partition coefficient (Wildman–Crippen LogP) is 8.39. The van der Waals surface area contributed by atoms with E-state index in [4.69, 9.17) is 11.6 Å². The summed E-state index contributed by atoms with van der Waals surface area (Å²) < 4.78 is 0. The van der Waals surface area contributed by atoms with Crippen molar-refractivity contribution >= 4 is 11.6 Å². The van der Waals surface area contributed by atoms with Gasteiger partial charge in [0.15, 0.2) is 0 Å². The summed E-state index contributed by atoms with van der Waals surface area (Å²) in [6, 6.07) is 0. The monoisotopic (exact) mass is 390 g/mol. The van der Waals surface area contributed by atoms with Crippen molar-refractivity contribution in [2.45, 2.75) is 110 Å². The molecule has 0 radical (unpaired) electrons. The Labute approximate surface area is 173 Å². The highest BCUT2D eigenvalue weighted by molar-refractivity contribution is 6.20. The van der Waals surface area contributed by atoms with Gasteiger partial charge < -0.3 is 0 Å². The van der Waals surface area contributed by atoms with E-state index < -0.39 is 0 Å². The molecule has 1 heteroatoms. The van der Waals surface area contributed by atoms with Crippen LogP contribution in [0.15, 0.2) is 11.6 Å². The van der Waals surface area contributed by atoms with Crippen molar-refractivity contribution < 1.29 is 0 Å². The molecule has 0 aromatic rings. The molecule has 4 aliphatic rings. The molecule has 0 N–H and O–H groups in total. The number of unbranched alkanes of at least 4 members (excludes halogenated alkanes) is 1. The van der Waals surface area contributed by atoms with Crippen LogP contribution in [0.3, 0.4) is 0 Å². The van der Waals surface area contributed by atoms with Gasteiger partial charge >= 0.3 is 0 Å². The maximum Gasteiger partial charge on any atom is 0.0373 e. The van der Waals surface area contributed by atoms with Gasteiger partial charge in [-0.1, -0.05) is 58.6 Å². The van der Waals surface area contributed by atoms with Gasteiger partial charge in [0.1, 0.15) is 0 Å². The maximum absolute atomic E-state index is 6.54. The molecular weight excluding hydrogens is 348 g/mol. The average Bonchev–Trinajstić information content (AvgIpc) is 2.96. The lowest BCUT2D eigenvalue weighted by molar-refractivity contribution is -0.0423. The predicted molar refractivity (Wildman–Crippen MR) is 118 cm³/mol. The molecule has 0 aromatic carbocycles. The number of hydrogen-bond acceptors (Lipinski definition) is 0.